The Morgan fingerprint density at radius 1 is 1.19 bits per heavy atom. The molecule has 0 amide bonds. The van der Waals surface area contributed by atoms with Crippen molar-refractivity contribution in [1.82, 2.24) is 0 Å². The number of rotatable bonds is 2. The summed E-state index contributed by atoms with van der Waals surface area (Å²) in [7, 11) is 0. The molecular weight excluding hydrogens is 252 g/mol. The summed E-state index contributed by atoms with van der Waals surface area (Å²) in [4.78, 5) is 0. The van der Waals surface area contributed by atoms with E-state index < -0.39 is 0 Å². The number of hydrogen-bond acceptors (Lipinski definition) is 0. The third-order valence-electron chi connectivity index (χ3n) is 6.50. The third kappa shape index (κ3) is 1.81. The number of benzene rings is 1. The molecule has 1 aromatic rings. The van der Waals surface area contributed by atoms with Gasteiger partial charge in [-0.3, -0.25) is 0 Å². The second-order valence-electron chi connectivity index (χ2n) is 7.93. The van der Waals surface area contributed by atoms with Crippen LogP contribution in [0.4, 0.5) is 0 Å². The van der Waals surface area contributed by atoms with Crippen LogP contribution in [0.25, 0.3) is 6.08 Å². The third-order valence-corrected chi connectivity index (χ3v) is 6.50. The van der Waals surface area contributed by atoms with Gasteiger partial charge in [-0.2, -0.15) is 0 Å². The van der Waals surface area contributed by atoms with E-state index in [-0.39, 0.29) is 0 Å². The topological polar surface area (TPSA) is 0 Å². The molecule has 1 aromatic carbocycles. The highest BCUT2D eigenvalue weighted by Crippen LogP contribution is 2.72. The smallest absolute Gasteiger partial charge is 0.00301 e. The van der Waals surface area contributed by atoms with Crippen molar-refractivity contribution in [2.75, 3.05) is 0 Å². The van der Waals surface area contributed by atoms with Crippen molar-refractivity contribution in [2.45, 2.75) is 47.5 Å². The maximum Gasteiger partial charge on any atom is 0.00301 e. The second kappa shape index (κ2) is 4.60. The minimum atomic E-state index is 0.300. The minimum Gasteiger partial charge on any atom is -0.0949 e. The first-order chi connectivity index (χ1) is 9.80. The van der Waals surface area contributed by atoms with Gasteiger partial charge in [-0.25, -0.2) is 0 Å². The van der Waals surface area contributed by atoms with Crippen molar-refractivity contribution in [3.8, 4) is 0 Å². The zero-order valence-electron chi connectivity index (χ0n) is 14.2. The summed E-state index contributed by atoms with van der Waals surface area (Å²) >= 11 is 0. The summed E-state index contributed by atoms with van der Waals surface area (Å²) in [6.45, 7) is 16.4. The molecule has 0 heteroatoms. The molecule has 2 bridgehead atoms. The molecule has 0 aromatic heterocycles. The monoisotopic (exact) mass is 280 g/mol. The standard InChI is InChI=1S/C21H28/c1-14(2)21-12-11-19(20(21,5)6)18(16(21)4)13-17-9-7-15(3)8-10-17/h7-10,13-14,19H,4,11-12H2,1-3,5-6H3/b18-13-. The van der Waals surface area contributed by atoms with Gasteiger partial charge in [0.25, 0.3) is 0 Å². The quantitative estimate of drug-likeness (QED) is 0.620. The summed E-state index contributed by atoms with van der Waals surface area (Å²) in [6.07, 6.45) is 5.03. The van der Waals surface area contributed by atoms with Crippen LogP contribution >= 0.6 is 0 Å². The lowest BCUT2D eigenvalue weighted by molar-refractivity contribution is 0.104. The Kier molecular flexibility index (Phi) is 3.20. The molecule has 0 N–H and O–H groups in total. The van der Waals surface area contributed by atoms with Crippen LogP contribution in [0, 0.1) is 29.6 Å². The molecule has 3 rings (SSSR count). The van der Waals surface area contributed by atoms with E-state index in [1.807, 2.05) is 0 Å². The Morgan fingerprint density at radius 2 is 1.81 bits per heavy atom. The summed E-state index contributed by atoms with van der Waals surface area (Å²) in [5, 5.41) is 0. The fourth-order valence-electron chi connectivity index (χ4n) is 5.33. The highest BCUT2D eigenvalue weighted by molar-refractivity contribution is 5.64. The second-order valence-corrected chi connectivity index (χ2v) is 7.93. The van der Waals surface area contributed by atoms with E-state index >= 15 is 0 Å². The molecule has 2 aliphatic carbocycles. The van der Waals surface area contributed by atoms with E-state index in [2.05, 4.69) is 71.5 Å². The number of fused-ring (bicyclic) bond motifs is 2. The van der Waals surface area contributed by atoms with Gasteiger partial charge in [0, 0.05) is 5.41 Å². The first kappa shape index (κ1) is 14.6. The SMILES string of the molecule is C=C1/C(=C/c2ccc(C)cc2)C2CCC1(C(C)C)C2(C)C. The van der Waals surface area contributed by atoms with Crippen molar-refractivity contribution >= 4 is 6.08 Å². The molecule has 0 radical (unpaired) electrons. The summed E-state index contributed by atoms with van der Waals surface area (Å²) in [6, 6.07) is 8.87. The minimum absolute atomic E-state index is 0.300. The van der Waals surface area contributed by atoms with Crippen LogP contribution in [0.2, 0.25) is 0 Å². The Hall–Kier alpha value is -1.30. The van der Waals surface area contributed by atoms with Crippen LogP contribution in [-0.4, -0.2) is 0 Å². The van der Waals surface area contributed by atoms with E-state index in [9.17, 15) is 0 Å². The molecule has 2 fully saturated rings. The Labute approximate surface area is 130 Å². The van der Waals surface area contributed by atoms with E-state index in [0.29, 0.717) is 22.7 Å². The molecule has 2 atom stereocenters. The molecule has 0 aliphatic heterocycles. The molecule has 0 spiro atoms. The van der Waals surface area contributed by atoms with E-state index in [0.717, 1.165) is 0 Å². The van der Waals surface area contributed by atoms with Crippen LogP contribution < -0.4 is 0 Å². The van der Waals surface area contributed by atoms with Gasteiger partial charge in [-0.05, 0) is 53.7 Å². The van der Waals surface area contributed by atoms with E-state index in [1.165, 1.54) is 35.1 Å². The zero-order valence-corrected chi connectivity index (χ0v) is 14.2. The lowest BCUT2D eigenvalue weighted by Gasteiger charge is -2.42. The largest absolute Gasteiger partial charge is 0.0949 e. The zero-order chi connectivity index (χ0) is 15.4. The maximum absolute atomic E-state index is 4.55. The van der Waals surface area contributed by atoms with Gasteiger partial charge in [-0.1, -0.05) is 70.2 Å². The van der Waals surface area contributed by atoms with Gasteiger partial charge in [-0.15, -0.1) is 0 Å². The number of allylic oxidation sites excluding steroid dienone is 2. The number of hydrogen-bond donors (Lipinski definition) is 0. The molecule has 0 heterocycles. The molecule has 0 saturated heterocycles. The lowest BCUT2D eigenvalue weighted by atomic mass is 9.61. The molecule has 2 aliphatic rings. The summed E-state index contributed by atoms with van der Waals surface area (Å²) in [5.41, 5.74) is 6.22. The van der Waals surface area contributed by atoms with Gasteiger partial charge in [0.2, 0.25) is 0 Å². The van der Waals surface area contributed by atoms with Crippen molar-refractivity contribution in [3.63, 3.8) is 0 Å². The van der Waals surface area contributed by atoms with E-state index in [1.54, 1.807) is 0 Å². The highest BCUT2D eigenvalue weighted by Gasteiger charge is 2.64. The molecule has 2 unspecified atom stereocenters. The predicted molar refractivity (Wildman–Crippen MR) is 92.1 cm³/mol. The van der Waals surface area contributed by atoms with Crippen LogP contribution in [0.3, 0.4) is 0 Å². The van der Waals surface area contributed by atoms with Gasteiger partial charge < -0.3 is 0 Å². The van der Waals surface area contributed by atoms with Crippen molar-refractivity contribution in [2.24, 2.45) is 22.7 Å². The van der Waals surface area contributed by atoms with Gasteiger partial charge in [0.15, 0.2) is 0 Å². The lowest BCUT2D eigenvalue weighted by Crippen LogP contribution is -2.36. The van der Waals surface area contributed by atoms with Crippen LogP contribution in [0.15, 0.2) is 42.0 Å². The normalized spacial score (nSPS) is 32.4. The molecule has 0 nitrogen and oxygen atoms in total. The van der Waals surface area contributed by atoms with Crippen molar-refractivity contribution in [3.05, 3.63) is 53.1 Å². The average Bonchev–Trinajstić information content (AvgIpc) is 2.77. The fourth-order valence-corrected chi connectivity index (χ4v) is 5.33. The van der Waals surface area contributed by atoms with Gasteiger partial charge in [0.05, 0.1) is 0 Å². The van der Waals surface area contributed by atoms with Gasteiger partial charge in [0.1, 0.15) is 0 Å². The molecule has 2 saturated carbocycles. The van der Waals surface area contributed by atoms with Crippen LogP contribution in [0.5, 0.6) is 0 Å². The van der Waals surface area contributed by atoms with Gasteiger partial charge >= 0.3 is 0 Å². The molecule has 112 valence electrons. The van der Waals surface area contributed by atoms with Crippen LogP contribution in [0.1, 0.15) is 51.7 Å². The Morgan fingerprint density at radius 3 is 2.33 bits per heavy atom. The van der Waals surface area contributed by atoms with Crippen LogP contribution in [-0.2, 0) is 0 Å². The summed E-state index contributed by atoms with van der Waals surface area (Å²) in [5.74, 6) is 1.34. The van der Waals surface area contributed by atoms with Crippen molar-refractivity contribution < 1.29 is 0 Å². The first-order valence-corrected chi connectivity index (χ1v) is 8.28. The van der Waals surface area contributed by atoms with E-state index in [4.69, 9.17) is 0 Å². The maximum atomic E-state index is 4.55. The summed E-state index contributed by atoms with van der Waals surface area (Å²) < 4.78 is 0. The first-order valence-electron chi connectivity index (χ1n) is 8.28. The average molecular weight is 280 g/mol. The molecular formula is C21H28. The fraction of sp³-hybridized carbons (Fsp3) is 0.524. The Balaban J connectivity index is 2.07. The molecule has 21 heavy (non-hydrogen) atoms. The highest BCUT2D eigenvalue weighted by atomic mass is 14.7. The van der Waals surface area contributed by atoms with Crippen molar-refractivity contribution in [1.29, 1.82) is 0 Å². The Bertz CT molecular complexity index is 597. The predicted octanol–water partition coefficient (Wildman–Crippen LogP) is 6.03. The number of aryl methyl sites for hydroxylation is 1.